The molecule has 0 rings (SSSR count). The van der Waals surface area contributed by atoms with Gasteiger partial charge in [-0.2, -0.15) is 0 Å². The van der Waals surface area contributed by atoms with Gasteiger partial charge < -0.3 is 77.8 Å². The van der Waals surface area contributed by atoms with Gasteiger partial charge in [0.05, 0.1) is 30.2 Å². The summed E-state index contributed by atoms with van der Waals surface area (Å²) in [6.07, 6.45) is 11.4. The van der Waals surface area contributed by atoms with Crippen molar-refractivity contribution in [3.05, 3.63) is 0 Å². The molecule has 21 heteroatoms. The molecule has 0 saturated carbocycles. The average Bonchev–Trinajstić information content (AvgIpc) is 3.28. The van der Waals surface area contributed by atoms with Gasteiger partial charge in [-0.05, 0) is 135 Å². The lowest BCUT2D eigenvalue weighted by atomic mass is 9.84. The fraction of sp³-hybridized carbons (Fsp3) is 0.848. The summed E-state index contributed by atoms with van der Waals surface area (Å²) in [5.41, 5.74) is 45.8. The second-order valence-electron chi connectivity index (χ2n) is 18.7. The number of nitrogens with two attached hydrogens (primary N) is 8. The van der Waals surface area contributed by atoms with Crippen LogP contribution >= 0.6 is 0 Å². The highest BCUT2D eigenvalue weighted by molar-refractivity contribution is 5.95. The largest absolute Gasteiger partial charge is 0.355 e. The minimum Gasteiger partial charge on any atom is -0.355 e. The molecule has 6 amide bonds. The second-order valence-corrected chi connectivity index (χ2v) is 18.7. The lowest BCUT2D eigenvalue weighted by Crippen LogP contribution is -2.55. The van der Waals surface area contributed by atoms with Crippen molar-refractivity contribution in [3.8, 4) is 0 Å². The van der Waals surface area contributed by atoms with Crippen LogP contribution in [0.2, 0.25) is 0 Å². The number of carbonyl (C=O) groups is 7. The van der Waals surface area contributed by atoms with Crippen LogP contribution < -0.4 is 77.8 Å². The normalized spacial score (nSPS) is 14.7. The first-order chi connectivity index (χ1) is 31.8. The summed E-state index contributed by atoms with van der Waals surface area (Å²) in [7, 11) is 0. The number of hydrogen-bond donors (Lipinski definition) is 14. The zero-order valence-corrected chi connectivity index (χ0v) is 41.3. The summed E-state index contributed by atoms with van der Waals surface area (Å²) in [5.74, 6) is -2.58. The molecule has 7 atom stereocenters. The van der Waals surface area contributed by atoms with Gasteiger partial charge in [-0.1, -0.05) is 46.5 Å². The molecule has 0 aliphatic heterocycles. The molecule has 0 fully saturated rings. The summed E-state index contributed by atoms with van der Waals surface area (Å²) in [5, 5.41) is 17.0. The predicted octanol–water partition coefficient (Wildman–Crippen LogP) is -1.26. The molecule has 67 heavy (non-hydrogen) atoms. The van der Waals surface area contributed by atoms with Gasteiger partial charge in [0.15, 0.2) is 5.78 Å². The molecule has 0 aliphatic rings. The standard InChI is InChI=1S/C46H94N14O7/c1-46(2,3)39(61)36(58-45(67)38(60-43(65)35(54)21-7-14-28-50)24-10-17-30-56-41(63)33(52)19-5-12-26-48)22-8-15-31-57-44(66)37(59-42(64)34(53)20-6-13-27-49)23-9-16-29-55-40(62)32(51)18-4-11-25-47/h32-38H,4-31,47-54H2,1-3H3,(H,55,62)(H,56,63)(H,57,66)(H,58,67)(H,59,64)(H,60,65). The number of ketones is 1. The highest BCUT2D eigenvalue weighted by Crippen LogP contribution is 2.20. The number of unbranched alkanes of at least 4 members (excludes halogenated alkanes) is 7. The molecule has 0 aromatic carbocycles. The lowest BCUT2D eigenvalue weighted by Gasteiger charge is -2.28. The number of hydrogen-bond acceptors (Lipinski definition) is 15. The molecule has 0 saturated heterocycles. The summed E-state index contributed by atoms with van der Waals surface area (Å²) < 4.78 is 0. The summed E-state index contributed by atoms with van der Waals surface area (Å²) in [4.78, 5) is 92.1. The van der Waals surface area contributed by atoms with Gasteiger partial charge in [0.2, 0.25) is 35.4 Å². The Morgan fingerprint density at radius 1 is 0.343 bits per heavy atom. The van der Waals surface area contributed by atoms with Crippen LogP contribution in [0.3, 0.4) is 0 Å². The zero-order chi connectivity index (χ0) is 50.6. The maximum Gasteiger partial charge on any atom is 0.243 e. The molecule has 21 nitrogen and oxygen atoms in total. The van der Waals surface area contributed by atoms with E-state index in [4.69, 9.17) is 45.9 Å². The number of carbonyl (C=O) groups excluding carboxylic acids is 7. The highest BCUT2D eigenvalue weighted by Gasteiger charge is 2.33. The molecule has 0 aliphatic carbocycles. The Kier molecular flexibility index (Phi) is 35.9. The van der Waals surface area contributed by atoms with E-state index in [0.29, 0.717) is 129 Å². The van der Waals surface area contributed by atoms with Crippen LogP contribution in [0, 0.1) is 5.41 Å². The Labute approximate surface area is 400 Å². The van der Waals surface area contributed by atoms with Crippen LogP contribution in [-0.2, 0) is 33.6 Å². The maximum absolute atomic E-state index is 13.9. The van der Waals surface area contributed by atoms with Crippen molar-refractivity contribution in [2.45, 2.75) is 198 Å². The van der Waals surface area contributed by atoms with Gasteiger partial charge in [-0.25, -0.2) is 0 Å². The van der Waals surface area contributed by atoms with Gasteiger partial charge in [-0.15, -0.1) is 0 Å². The minimum absolute atomic E-state index is 0.200. The molecule has 390 valence electrons. The van der Waals surface area contributed by atoms with Crippen molar-refractivity contribution >= 4 is 41.2 Å². The van der Waals surface area contributed by atoms with E-state index < -0.39 is 71.3 Å². The van der Waals surface area contributed by atoms with E-state index >= 15 is 0 Å². The smallest absolute Gasteiger partial charge is 0.243 e. The topological polar surface area (TPSA) is 400 Å². The van der Waals surface area contributed by atoms with E-state index in [1.165, 1.54) is 0 Å². The SMILES string of the molecule is CC(C)(C)C(=O)C(CCCCNC(=O)C(CCCCNC(=O)C(N)CCCCN)NC(=O)C(N)CCCCN)NC(=O)C(CCCCNC(=O)C(N)CCCCN)NC(=O)C(N)CCCCN. The van der Waals surface area contributed by atoms with Crippen molar-refractivity contribution in [2.24, 2.45) is 51.3 Å². The van der Waals surface area contributed by atoms with Crippen molar-refractivity contribution < 1.29 is 33.6 Å². The molecule has 0 radical (unpaired) electrons. The first kappa shape index (κ1) is 63.2. The fourth-order valence-electron chi connectivity index (χ4n) is 7.16. The number of rotatable bonds is 41. The molecule has 0 aromatic heterocycles. The zero-order valence-electron chi connectivity index (χ0n) is 41.3. The number of amides is 6. The van der Waals surface area contributed by atoms with Crippen molar-refractivity contribution in [1.82, 2.24) is 31.9 Å². The molecule has 22 N–H and O–H groups in total. The van der Waals surface area contributed by atoms with Crippen LogP contribution in [0.15, 0.2) is 0 Å². The lowest BCUT2D eigenvalue weighted by molar-refractivity contribution is -0.134. The first-order valence-electron chi connectivity index (χ1n) is 25.0. The Bertz CT molecular complexity index is 1420. The maximum atomic E-state index is 13.9. The number of Topliss-reactive ketones (excluding diaryl/α,β-unsaturated/α-hetero) is 1. The number of nitrogens with one attached hydrogen (secondary N) is 6. The third-order valence-electron chi connectivity index (χ3n) is 11.5. The minimum atomic E-state index is -1.00. The second kappa shape index (κ2) is 38.1. The van der Waals surface area contributed by atoms with Crippen LogP contribution in [0.4, 0.5) is 0 Å². The van der Waals surface area contributed by atoms with E-state index in [0.717, 1.165) is 32.1 Å². The predicted molar refractivity (Wildman–Crippen MR) is 264 cm³/mol. The van der Waals surface area contributed by atoms with Gasteiger partial charge in [0, 0.05) is 25.0 Å². The van der Waals surface area contributed by atoms with Crippen molar-refractivity contribution in [1.29, 1.82) is 0 Å². The van der Waals surface area contributed by atoms with Crippen LogP contribution in [0.1, 0.15) is 156 Å². The van der Waals surface area contributed by atoms with E-state index in [9.17, 15) is 33.6 Å². The van der Waals surface area contributed by atoms with Gasteiger partial charge in [0.1, 0.15) is 12.1 Å². The molecular weight excluding hydrogens is 861 g/mol. The third kappa shape index (κ3) is 30.3. The average molecular weight is 955 g/mol. The molecule has 0 aromatic rings. The van der Waals surface area contributed by atoms with Crippen molar-refractivity contribution in [2.75, 3.05) is 45.8 Å². The van der Waals surface area contributed by atoms with Gasteiger partial charge in [0.25, 0.3) is 0 Å². The molecule has 0 bridgehead atoms. The molecule has 7 unspecified atom stereocenters. The summed E-state index contributed by atoms with van der Waals surface area (Å²) in [6, 6.07) is -5.71. The summed E-state index contributed by atoms with van der Waals surface area (Å²) in [6.45, 7) is 8.21. The van der Waals surface area contributed by atoms with Gasteiger partial charge in [-0.3, -0.25) is 33.6 Å². The summed E-state index contributed by atoms with van der Waals surface area (Å²) >= 11 is 0. The Morgan fingerprint density at radius 3 is 0.940 bits per heavy atom. The van der Waals surface area contributed by atoms with E-state index in [-0.39, 0.29) is 37.0 Å². The third-order valence-corrected chi connectivity index (χ3v) is 11.5. The molecule has 0 heterocycles. The fourth-order valence-corrected chi connectivity index (χ4v) is 7.16. The molecule has 0 spiro atoms. The quantitative estimate of drug-likeness (QED) is 0.0318. The van der Waals surface area contributed by atoms with Crippen molar-refractivity contribution in [3.63, 3.8) is 0 Å². The Balaban J connectivity index is 5.69. The van der Waals surface area contributed by atoms with E-state index in [1.54, 1.807) is 20.8 Å². The molecular formula is C46H94N14O7. The van der Waals surface area contributed by atoms with E-state index in [2.05, 4.69) is 31.9 Å². The van der Waals surface area contributed by atoms with E-state index in [1.807, 2.05) is 0 Å². The highest BCUT2D eigenvalue weighted by atomic mass is 16.2. The van der Waals surface area contributed by atoms with Gasteiger partial charge >= 0.3 is 0 Å². The Morgan fingerprint density at radius 2 is 0.612 bits per heavy atom. The Hall–Kier alpha value is -3.83. The van der Waals surface area contributed by atoms with Crippen LogP contribution in [-0.4, -0.2) is 129 Å². The monoisotopic (exact) mass is 955 g/mol. The van der Waals surface area contributed by atoms with Crippen LogP contribution in [0.25, 0.3) is 0 Å². The first-order valence-corrected chi connectivity index (χ1v) is 25.0. The van der Waals surface area contributed by atoms with Crippen LogP contribution in [0.5, 0.6) is 0 Å².